The molecule has 3 heterocycles. The highest BCUT2D eigenvalue weighted by atomic mass is 16.1. The first-order valence-corrected chi connectivity index (χ1v) is 9.45. The number of carbonyl (C=O) groups is 1. The molecule has 27 heavy (non-hydrogen) atoms. The van der Waals surface area contributed by atoms with Crippen LogP contribution in [-0.2, 0) is 17.8 Å². The molecule has 0 aromatic carbocycles. The lowest BCUT2D eigenvalue weighted by Gasteiger charge is -2.11. The molecule has 3 aromatic rings. The van der Waals surface area contributed by atoms with Crippen molar-refractivity contribution in [2.24, 2.45) is 0 Å². The maximum atomic E-state index is 12.2. The van der Waals surface area contributed by atoms with E-state index in [4.69, 9.17) is 0 Å². The van der Waals surface area contributed by atoms with Crippen LogP contribution in [0.25, 0.3) is 5.65 Å². The number of fused-ring (bicyclic) bond motifs is 1. The first kappa shape index (κ1) is 19.1. The van der Waals surface area contributed by atoms with E-state index in [1.54, 1.807) is 0 Å². The molecular weight excluding hydrogens is 340 g/mol. The van der Waals surface area contributed by atoms with Gasteiger partial charge in [0.15, 0.2) is 5.65 Å². The largest absolute Gasteiger partial charge is 0.356 e. The molecule has 7 nitrogen and oxygen atoms in total. The predicted molar refractivity (Wildman–Crippen MR) is 105 cm³/mol. The van der Waals surface area contributed by atoms with Gasteiger partial charge >= 0.3 is 0 Å². The summed E-state index contributed by atoms with van der Waals surface area (Å²) < 4.78 is 3.85. The van der Waals surface area contributed by atoms with E-state index in [0.29, 0.717) is 19.4 Å². The fourth-order valence-corrected chi connectivity index (χ4v) is 3.49. The zero-order valence-electron chi connectivity index (χ0n) is 16.8. The number of carbonyl (C=O) groups excluding carboxylic acids is 1. The zero-order chi connectivity index (χ0) is 19.6. The molecule has 0 spiro atoms. The minimum atomic E-state index is 0.0684. The molecule has 3 rings (SSSR count). The van der Waals surface area contributed by atoms with Crippen LogP contribution in [0.1, 0.15) is 46.9 Å². The van der Waals surface area contributed by atoms with Crippen LogP contribution in [0, 0.1) is 34.6 Å². The van der Waals surface area contributed by atoms with Crippen molar-refractivity contribution in [3.8, 4) is 0 Å². The first-order chi connectivity index (χ1) is 12.8. The summed E-state index contributed by atoms with van der Waals surface area (Å²) >= 11 is 0. The Morgan fingerprint density at radius 1 is 1.07 bits per heavy atom. The van der Waals surface area contributed by atoms with Gasteiger partial charge in [-0.2, -0.15) is 10.2 Å². The van der Waals surface area contributed by atoms with Gasteiger partial charge in [0.2, 0.25) is 5.91 Å². The number of aryl methyl sites for hydroxylation is 6. The van der Waals surface area contributed by atoms with Crippen molar-refractivity contribution in [2.75, 3.05) is 6.54 Å². The molecule has 0 fully saturated rings. The summed E-state index contributed by atoms with van der Waals surface area (Å²) in [5.41, 5.74) is 7.12. The van der Waals surface area contributed by atoms with Crippen molar-refractivity contribution in [3.63, 3.8) is 0 Å². The van der Waals surface area contributed by atoms with Crippen LogP contribution in [0.4, 0.5) is 0 Å². The number of hydrogen-bond donors (Lipinski definition) is 1. The Morgan fingerprint density at radius 3 is 2.52 bits per heavy atom. The summed E-state index contributed by atoms with van der Waals surface area (Å²) in [7, 11) is 0. The summed E-state index contributed by atoms with van der Waals surface area (Å²) in [6.45, 7) is 11.5. The Bertz CT molecular complexity index is 969. The van der Waals surface area contributed by atoms with Crippen molar-refractivity contribution in [1.82, 2.24) is 29.7 Å². The number of nitrogens with one attached hydrogen (secondary N) is 1. The Hall–Kier alpha value is -2.70. The third kappa shape index (κ3) is 4.35. The molecular formula is C20H28N6O. The topological polar surface area (TPSA) is 77.1 Å². The quantitative estimate of drug-likeness (QED) is 0.650. The van der Waals surface area contributed by atoms with E-state index in [2.05, 4.69) is 33.5 Å². The SMILES string of the molecule is Cc1cc(C)n(CCCNC(=O)CCc2c(C)nc3cc(C)nn3c2C)n1. The van der Waals surface area contributed by atoms with E-state index in [1.165, 1.54) is 0 Å². The minimum absolute atomic E-state index is 0.0684. The van der Waals surface area contributed by atoms with Crippen LogP contribution in [0.2, 0.25) is 0 Å². The van der Waals surface area contributed by atoms with E-state index < -0.39 is 0 Å². The second kappa shape index (κ2) is 7.90. The van der Waals surface area contributed by atoms with Gasteiger partial charge in [0.05, 0.1) is 11.4 Å². The molecule has 0 aliphatic heterocycles. The van der Waals surface area contributed by atoms with E-state index in [0.717, 1.165) is 52.6 Å². The smallest absolute Gasteiger partial charge is 0.220 e. The van der Waals surface area contributed by atoms with Gasteiger partial charge < -0.3 is 5.32 Å². The average Bonchev–Trinajstić information content (AvgIpc) is 3.12. The Kier molecular flexibility index (Phi) is 5.58. The van der Waals surface area contributed by atoms with E-state index in [9.17, 15) is 4.79 Å². The molecule has 0 atom stereocenters. The average molecular weight is 368 g/mol. The second-order valence-electron chi connectivity index (χ2n) is 7.17. The molecule has 3 aromatic heterocycles. The van der Waals surface area contributed by atoms with Gasteiger partial charge in [-0.15, -0.1) is 0 Å². The van der Waals surface area contributed by atoms with Gasteiger partial charge in [-0.05, 0) is 59.1 Å². The number of amides is 1. The van der Waals surface area contributed by atoms with Gasteiger partial charge in [0.25, 0.3) is 0 Å². The monoisotopic (exact) mass is 368 g/mol. The van der Waals surface area contributed by atoms with Gasteiger partial charge in [-0.3, -0.25) is 9.48 Å². The van der Waals surface area contributed by atoms with Crippen LogP contribution in [0.3, 0.4) is 0 Å². The molecule has 0 radical (unpaired) electrons. The molecule has 0 saturated carbocycles. The Balaban J connectivity index is 1.50. The molecule has 7 heteroatoms. The number of rotatable bonds is 7. The number of nitrogens with zero attached hydrogens (tertiary/aromatic N) is 5. The highest BCUT2D eigenvalue weighted by Gasteiger charge is 2.12. The molecule has 0 bridgehead atoms. The normalized spacial score (nSPS) is 11.3. The zero-order valence-corrected chi connectivity index (χ0v) is 16.8. The summed E-state index contributed by atoms with van der Waals surface area (Å²) in [6.07, 6.45) is 1.99. The fraction of sp³-hybridized carbons (Fsp3) is 0.500. The highest BCUT2D eigenvalue weighted by molar-refractivity contribution is 5.76. The van der Waals surface area contributed by atoms with Gasteiger partial charge in [0.1, 0.15) is 0 Å². The van der Waals surface area contributed by atoms with Crippen molar-refractivity contribution < 1.29 is 4.79 Å². The van der Waals surface area contributed by atoms with Gasteiger partial charge in [0, 0.05) is 42.7 Å². The third-order valence-electron chi connectivity index (χ3n) is 4.86. The Labute approximate surface area is 159 Å². The standard InChI is InChI=1S/C20H28N6O/c1-13-11-15(3)25(23-13)10-6-9-21-20(27)8-7-18-16(4)22-19-12-14(2)24-26(19)17(18)5/h11-12H,6-10H2,1-5H3,(H,21,27). The third-order valence-corrected chi connectivity index (χ3v) is 4.86. The number of aromatic nitrogens is 5. The fourth-order valence-electron chi connectivity index (χ4n) is 3.49. The van der Waals surface area contributed by atoms with Crippen LogP contribution in [0.15, 0.2) is 12.1 Å². The molecule has 0 unspecified atom stereocenters. The van der Waals surface area contributed by atoms with E-state index in [1.807, 2.05) is 43.0 Å². The van der Waals surface area contributed by atoms with Gasteiger partial charge in [-0.25, -0.2) is 9.50 Å². The van der Waals surface area contributed by atoms with E-state index >= 15 is 0 Å². The molecule has 0 saturated heterocycles. The molecule has 1 N–H and O–H groups in total. The van der Waals surface area contributed by atoms with Crippen molar-refractivity contribution >= 4 is 11.6 Å². The lowest BCUT2D eigenvalue weighted by molar-refractivity contribution is -0.121. The van der Waals surface area contributed by atoms with Crippen LogP contribution < -0.4 is 5.32 Å². The second-order valence-corrected chi connectivity index (χ2v) is 7.17. The van der Waals surface area contributed by atoms with Gasteiger partial charge in [-0.1, -0.05) is 0 Å². The van der Waals surface area contributed by atoms with Crippen molar-refractivity contribution in [3.05, 3.63) is 46.2 Å². The van der Waals surface area contributed by atoms with Crippen molar-refractivity contribution in [1.29, 1.82) is 0 Å². The lowest BCUT2D eigenvalue weighted by Crippen LogP contribution is -2.26. The Morgan fingerprint density at radius 2 is 1.81 bits per heavy atom. The first-order valence-electron chi connectivity index (χ1n) is 9.45. The summed E-state index contributed by atoms with van der Waals surface area (Å²) in [6, 6.07) is 4.04. The maximum Gasteiger partial charge on any atom is 0.220 e. The predicted octanol–water partition coefficient (Wildman–Crippen LogP) is 2.61. The lowest BCUT2D eigenvalue weighted by atomic mass is 10.1. The summed E-state index contributed by atoms with van der Waals surface area (Å²) in [5.74, 6) is 0.0684. The molecule has 0 aliphatic rings. The van der Waals surface area contributed by atoms with Crippen LogP contribution in [0.5, 0.6) is 0 Å². The minimum Gasteiger partial charge on any atom is -0.356 e. The molecule has 1 amide bonds. The van der Waals surface area contributed by atoms with Crippen molar-refractivity contribution in [2.45, 2.75) is 60.4 Å². The van der Waals surface area contributed by atoms with Crippen LogP contribution >= 0.6 is 0 Å². The molecule has 0 aliphatic carbocycles. The highest BCUT2D eigenvalue weighted by Crippen LogP contribution is 2.17. The van der Waals surface area contributed by atoms with Crippen LogP contribution in [-0.4, -0.2) is 36.8 Å². The number of hydrogen-bond acceptors (Lipinski definition) is 4. The summed E-state index contributed by atoms with van der Waals surface area (Å²) in [4.78, 5) is 16.8. The maximum absolute atomic E-state index is 12.2. The van der Waals surface area contributed by atoms with E-state index in [-0.39, 0.29) is 5.91 Å². The molecule has 144 valence electrons. The summed E-state index contributed by atoms with van der Waals surface area (Å²) in [5, 5.41) is 11.9.